The van der Waals surface area contributed by atoms with Gasteiger partial charge in [-0.2, -0.15) is 0 Å². The summed E-state index contributed by atoms with van der Waals surface area (Å²) in [4.78, 5) is 15.3. The van der Waals surface area contributed by atoms with Crippen LogP contribution in [0.5, 0.6) is 11.5 Å². The fraction of sp³-hybridized carbons (Fsp3) is 0.696. The Labute approximate surface area is 168 Å². The van der Waals surface area contributed by atoms with Crippen LogP contribution in [0.4, 0.5) is 4.39 Å². The number of fused-ring (bicyclic) bond motifs is 3. The molecule has 0 saturated carbocycles. The first kappa shape index (κ1) is 21.1. The molecular formula is C23H34FNO3. The smallest absolute Gasteiger partial charge is 0.161 e. The van der Waals surface area contributed by atoms with Crippen molar-refractivity contribution in [2.24, 2.45) is 11.8 Å². The van der Waals surface area contributed by atoms with Crippen molar-refractivity contribution in [3.63, 3.8) is 0 Å². The van der Waals surface area contributed by atoms with Crippen LogP contribution < -0.4 is 9.47 Å². The van der Waals surface area contributed by atoms with E-state index in [-0.39, 0.29) is 18.6 Å². The average molecular weight is 392 g/mol. The number of ketones is 1. The molecule has 2 heterocycles. The molecule has 28 heavy (non-hydrogen) atoms. The molecule has 0 radical (unpaired) electrons. The second kappa shape index (κ2) is 9.73. The summed E-state index contributed by atoms with van der Waals surface area (Å²) in [5.74, 6) is 2.52. The highest BCUT2D eigenvalue weighted by Crippen LogP contribution is 2.42. The minimum Gasteiger partial charge on any atom is -0.490 e. The maximum absolute atomic E-state index is 12.8. The van der Waals surface area contributed by atoms with E-state index >= 15 is 0 Å². The molecule has 0 aromatic heterocycles. The van der Waals surface area contributed by atoms with Crippen LogP contribution in [-0.2, 0) is 11.2 Å². The average Bonchev–Trinajstić information content (AvgIpc) is 2.67. The SMILES string of the molecule is CCCOc1cc2c(cc1OCCCF)CCN1CC(CC(C)C)C(=O)CC21. The predicted octanol–water partition coefficient (Wildman–Crippen LogP) is 4.75. The van der Waals surface area contributed by atoms with Crippen molar-refractivity contribution in [2.75, 3.05) is 33.0 Å². The lowest BCUT2D eigenvalue weighted by atomic mass is 9.80. The molecule has 2 aliphatic heterocycles. The van der Waals surface area contributed by atoms with Gasteiger partial charge in [0.25, 0.3) is 0 Å². The van der Waals surface area contributed by atoms with Crippen LogP contribution >= 0.6 is 0 Å². The lowest BCUT2D eigenvalue weighted by Gasteiger charge is -2.43. The fourth-order valence-corrected chi connectivity index (χ4v) is 4.41. The number of Topliss-reactive ketones (excluding diaryl/α,β-unsaturated/α-hetero) is 1. The van der Waals surface area contributed by atoms with Crippen LogP contribution in [0.3, 0.4) is 0 Å². The van der Waals surface area contributed by atoms with Gasteiger partial charge in [0.2, 0.25) is 0 Å². The van der Waals surface area contributed by atoms with Crippen LogP contribution in [-0.4, -0.2) is 43.7 Å². The molecule has 2 aliphatic rings. The molecule has 0 amide bonds. The number of carbonyl (C=O) groups excluding carboxylic acids is 1. The first-order chi connectivity index (χ1) is 13.5. The summed E-state index contributed by atoms with van der Waals surface area (Å²) in [6.07, 6.45) is 3.79. The van der Waals surface area contributed by atoms with E-state index in [9.17, 15) is 9.18 Å². The molecular weight excluding hydrogens is 357 g/mol. The standard InChI is InChI=1S/C23H34FNO3/c1-4-9-27-23-13-19-17(12-22(23)28-10-5-7-24)6-8-25-15-18(11-16(2)3)21(26)14-20(19)25/h12-13,16,18,20H,4-11,14-15H2,1-3H3. The molecule has 0 aliphatic carbocycles. The number of alkyl halides is 1. The zero-order chi connectivity index (χ0) is 20.1. The van der Waals surface area contributed by atoms with Crippen LogP contribution in [0.2, 0.25) is 0 Å². The number of hydrogen-bond donors (Lipinski definition) is 0. The number of piperidine rings is 1. The fourth-order valence-electron chi connectivity index (χ4n) is 4.41. The highest BCUT2D eigenvalue weighted by molar-refractivity contribution is 5.83. The topological polar surface area (TPSA) is 38.8 Å². The Morgan fingerprint density at radius 2 is 1.96 bits per heavy atom. The molecule has 5 heteroatoms. The zero-order valence-corrected chi connectivity index (χ0v) is 17.5. The molecule has 4 nitrogen and oxygen atoms in total. The van der Waals surface area contributed by atoms with Crippen LogP contribution in [0.15, 0.2) is 12.1 Å². The maximum atomic E-state index is 12.8. The summed E-state index contributed by atoms with van der Waals surface area (Å²) in [6, 6.07) is 4.27. The number of halogens is 1. The molecule has 0 N–H and O–H groups in total. The normalized spacial score (nSPS) is 22.1. The van der Waals surface area contributed by atoms with Gasteiger partial charge in [-0.3, -0.25) is 14.1 Å². The van der Waals surface area contributed by atoms with Crippen LogP contribution in [0.25, 0.3) is 0 Å². The van der Waals surface area contributed by atoms with Gasteiger partial charge in [0.15, 0.2) is 11.5 Å². The third-order valence-corrected chi connectivity index (χ3v) is 5.73. The third-order valence-electron chi connectivity index (χ3n) is 5.73. The monoisotopic (exact) mass is 391 g/mol. The molecule has 1 saturated heterocycles. The minimum absolute atomic E-state index is 0.142. The van der Waals surface area contributed by atoms with E-state index in [0.717, 1.165) is 38.1 Å². The quantitative estimate of drug-likeness (QED) is 0.570. The molecule has 3 rings (SSSR count). The molecule has 1 aromatic carbocycles. The van der Waals surface area contributed by atoms with Gasteiger partial charge in [-0.1, -0.05) is 20.8 Å². The van der Waals surface area contributed by atoms with Crippen molar-refractivity contribution >= 4 is 5.78 Å². The summed E-state index contributed by atoms with van der Waals surface area (Å²) in [7, 11) is 0. The lowest BCUT2D eigenvalue weighted by Crippen LogP contribution is -2.46. The van der Waals surface area contributed by atoms with Crippen LogP contribution in [0.1, 0.15) is 63.6 Å². The second-order valence-corrected chi connectivity index (χ2v) is 8.49. The van der Waals surface area contributed by atoms with E-state index < -0.39 is 0 Å². The molecule has 2 atom stereocenters. The van der Waals surface area contributed by atoms with Crippen molar-refractivity contribution in [1.29, 1.82) is 0 Å². The zero-order valence-electron chi connectivity index (χ0n) is 17.5. The van der Waals surface area contributed by atoms with E-state index in [1.807, 2.05) is 0 Å². The molecule has 0 spiro atoms. The van der Waals surface area contributed by atoms with Gasteiger partial charge in [0.1, 0.15) is 5.78 Å². The van der Waals surface area contributed by atoms with Gasteiger partial charge < -0.3 is 9.47 Å². The van der Waals surface area contributed by atoms with E-state index in [4.69, 9.17) is 9.47 Å². The summed E-state index contributed by atoms with van der Waals surface area (Å²) >= 11 is 0. The maximum Gasteiger partial charge on any atom is 0.161 e. The number of ether oxygens (including phenoxy) is 2. The number of carbonyl (C=O) groups is 1. The van der Waals surface area contributed by atoms with Crippen molar-refractivity contribution in [3.8, 4) is 11.5 Å². The summed E-state index contributed by atoms with van der Waals surface area (Å²) in [5.41, 5.74) is 2.43. The Hall–Kier alpha value is -1.62. The van der Waals surface area contributed by atoms with Gasteiger partial charge in [-0.25, -0.2) is 0 Å². The first-order valence-electron chi connectivity index (χ1n) is 10.8. The van der Waals surface area contributed by atoms with E-state index in [1.54, 1.807) is 0 Å². The minimum atomic E-state index is -0.382. The van der Waals surface area contributed by atoms with Crippen LogP contribution in [0, 0.1) is 11.8 Å². The summed E-state index contributed by atoms with van der Waals surface area (Å²) < 4.78 is 24.2. The molecule has 156 valence electrons. The highest BCUT2D eigenvalue weighted by atomic mass is 19.1. The van der Waals surface area contributed by atoms with Crippen molar-refractivity contribution in [1.82, 2.24) is 4.90 Å². The Morgan fingerprint density at radius 1 is 1.21 bits per heavy atom. The third kappa shape index (κ3) is 4.86. The largest absolute Gasteiger partial charge is 0.490 e. The van der Waals surface area contributed by atoms with Crippen molar-refractivity contribution < 1.29 is 18.7 Å². The number of benzene rings is 1. The van der Waals surface area contributed by atoms with E-state index in [1.165, 1.54) is 11.1 Å². The van der Waals surface area contributed by atoms with Gasteiger partial charge >= 0.3 is 0 Å². The van der Waals surface area contributed by atoms with Crippen molar-refractivity contribution in [2.45, 2.75) is 58.9 Å². The lowest BCUT2D eigenvalue weighted by molar-refractivity contribution is -0.129. The predicted molar refractivity (Wildman–Crippen MR) is 109 cm³/mol. The highest BCUT2D eigenvalue weighted by Gasteiger charge is 2.38. The Balaban J connectivity index is 1.83. The Bertz CT molecular complexity index is 676. The number of nitrogens with zero attached hydrogens (tertiary/aromatic N) is 1. The van der Waals surface area contributed by atoms with Gasteiger partial charge in [0.05, 0.1) is 19.9 Å². The van der Waals surface area contributed by atoms with Gasteiger partial charge in [-0.05, 0) is 48.4 Å². The Morgan fingerprint density at radius 3 is 2.68 bits per heavy atom. The number of rotatable bonds is 9. The first-order valence-corrected chi connectivity index (χ1v) is 10.8. The van der Waals surface area contributed by atoms with Gasteiger partial charge in [0, 0.05) is 37.9 Å². The molecule has 1 aromatic rings. The number of hydrogen-bond acceptors (Lipinski definition) is 4. The van der Waals surface area contributed by atoms with E-state index in [2.05, 4.69) is 37.8 Å². The van der Waals surface area contributed by atoms with Gasteiger partial charge in [-0.15, -0.1) is 0 Å². The second-order valence-electron chi connectivity index (χ2n) is 8.49. The molecule has 1 fully saturated rings. The Kier molecular flexibility index (Phi) is 7.33. The molecule has 2 unspecified atom stereocenters. The van der Waals surface area contributed by atoms with Crippen molar-refractivity contribution in [3.05, 3.63) is 23.3 Å². The summed E-state index contributed by atoms with van der Waals surface area (Å²) in [6.45, 7) is 8.86. The summed E-state index contributed by atoms with van der Waals surface area (Å²) in [5, 5.41) is 0. The van der Waals surface area contributed by atoms with E-state index in [0.29, 0.717) is 43.5 Å². The molecule has 0 bridgehead atoms.